The molecule has 0 amide bonds. The van der Waals surface area contributed by atoms with E-state index in [1.165, 1.54) is 11.9 Å². The first-order valence-corrected chi connectivity index (χ1v) is 10.8. The largest absolute Gasteiger partial charge is 0.454 e. The summed E-state index contributed by atoms with van der Waals surface area (Å²) in [5.74, 6) is 2.49. The number of benzene rings is 2. The Morgan fingerprint density at radius 3 is 2.56 bits per heavy atom. The molecule has 0 unspecified atom stereocenters. The minimum atomic E-state index is 0.297. The van der Waals surface area contributed by atoms with Gasteiger partial charge in [0.2, 0.25) is 6.79 Å². The van der Waals surface area contributed by atoms with Crippen molar-refractivity contribution in [1.29, 1.82) is 0 Å². The highest BCUT2D eigenvalue weighted by Gasteiger charge is 2.24. The van der Waals surface area contributed by atoms with Crippen LogP contribution in [0.3, 0.4) is 0 Å². The third-order valence-corrected chi connectivity index (χ3v) is 6.14. The van der Waals surface area contributed by atoms with Gasteiger partial charge in [0, 0.05) is 43.3 Å². The molecule has 0 saturated carbocycles. The van der Waals surface area contributed by atoms with Crippen molar-refractivity contribution < 1.29 is 14.0 Å². The zero-order valence-electron chi connectivity index (χ0n) is 17.2. The minimum absolute atomic E-state index is 0.297. The average molecular weight is 450 g/mol. The summed E-state index contributed by atoms with van der Waals surface area (Å²) >= 11 is 6.05. The number of aromatic nitrogens is 3. The first-order chi connectivity index (χ1) is 15.7. The second-order valence-corrected chi connectivity index (χ2v) is 8.30. The molecular formula is C23H20ClN5O3. The van der Waals surface area contributed by atoms with Gasteiger partial charge in [-0.1, -0.05) is 35.0 Å². The number of anilines is 1. The molecule has 32 heavy (non-hydrogen) atoms. The Hall–Kier alpha value is -3.36. The lowest BCUT2D eigenvalue weighted by atomic mass is 10.1. The van der Waals surface area contributed by atoms with Crippen LogP contribution in [-0.2, 0) is 6.54 Å². The van der Waals surface area contributed by atoms with Crippen LogP contribution in [0.1, 0.15) is 5.56 Å². The lowest BCUT2D eigenvalue weighted by Crippen LogP contribution is -2.46. The van der Waals surface area contributed by atoms with Crippen LogP contribution in [0, 0.1) is 0 Å². The molecule has 0 N–H and O–H groups in total. The molecule has 4 aromatic rings. The predicted molar refractivity (Wildman–Crippen MR) is 120 cm³/mol. The SMILES string of the molecule is Clc1ccc(-c2noc3ncnc(N4CCN(Cc5ccc6c(c5)OCO6)CC4)c23)cc1. The van der Waals surface area contributed by atoms with E-state index >= 15 is 0 Å². The Balaban J connectivity index is 1.21. The number of halogens is 1. The molecule has 0 atom stereocenters. The molecule has 2 aliphatic heterocycles. The highest BCUT2D eigenvalue weighted by molar-refractivity contribution is 6.30. The van der Waals surface area contributed by atoms with Crippen LogP contribution in [0.2, 0.25) is 5.02 Å². The van der Waals surface area contributed by atoms with Gasteiger partial charge >= 0.3 is 0 Å². The molecule has 9 heteroatoms. The smallest absolute Gasteiger partial charge is 0.263 e. The summed E-state index contributed by atoms with van der Waals surface area (Å²) in [6.07, 6.45) is 1.54. The van der Waals surface area contributed by atoms with Crippen molar-refractivity contribution in [2.24, 2.45) is 0 Å². The molecule has 4 heterocycles. The standard InChI is InChI=1S/C23H20ClN5O3/c24-17-4-2-16(3-5-17)21-20-22(25-13-26-23(20)32-27-21)29-9-7-28(8-10-29)12-15-1-6-18-19(11-15)31-14-30-18/h1-6,11,13H,7-10,12,14H2. The van der Waals surface area contributed by atoms with Crippen molar-refractivity contribution in [2.75, 3.05) is 37.9 Å². The van der Waals surface area contributed by atoms with E-state index in [0.717, 1.165) is 66.7 Å². The zero-order chi connectivity index (χ0) is 21.5. The number of nitrogens with zero attached hydrogens (tertiary/aromatic N) is 5. The normalized spacial score (nSPS) is 16.1. The molecule has 162 valence electrons. The maximum absolute atomic E-state index is 6.05. The number of piperazine rings is 1. The summed E-state index contributed by atoms with van der Waals surface area (Å²) in [5.41, 5.74) is 3.36. The van der Waals surface area contributed by atoms with Crippen LogP contribution in [0.5, 0.6) is 11.5 Å². The molecule has 0 spiro atoms. The predicted octanol–water partition coefficient (Wildman–Crippen LogP) is 3.99. The van der Waals surface area contributed by atoms with Crippen LogP contribution in [0.25, 0.3) is 22.4 Å². The monoisotopic (exact) mass is 449 g/mol. The summed E-state index contributed by atoms with van der Waals surface area (Å²) in [4.78, 5) is 13.6. The van der Waals surface area contributed by atoms with Crippen molar-refractivity contribution in [3.05, 3.63) is 59.4 Å². The van der Waals surface area contributed by atoms with Gasteiger partial charge in [-0.2, -0.15) is 4.98 Å². The second-order valence-electron chi connectivity index (χ2n) is 7.87. The Kier molecular flexibility index (Phi) is 4.81. The molecule has 6 rings (SSSR count). The van der Waals surface area contributed by atoms with Crippen LogP contribution >= 0.6 is 11.6 Å². The van der Waals surface area contributed by atoms with E-state index in [0.29, 0.717) is 17.5 Å². The lowest BCUT2D eigenvalue weighted by molar-refractivity contribution is 0.174. The molecule has 2 aliphatic rings. The Morgan fingerprint density at radius 2 is 1.72 bits per heavy atom. The fourth-order valence-corrected chi connectivity index (χ4v) is 4.36. The number of rotatable bonds is 4. The van der Waals surface area contributed by atoms with Crippen molar-refractivity contribution in [3.63, 3.8) is 0 Å². The van der Waals surface area contributed by atoms with E-state index in [1.807, 2.05) is 30.3 Å². The number of hydrogen-bond donors (Lipinski definition) is 0. The molecule has 8 nitrogen and oxygen atoms in total. The molecule has 0 bridgehead atoms. The number of ether oxygens (including phenoxy) is 2. The summed E-state index contributed by atoms with van der Waals surface area (Å²) in [6.45, 7) is 4.70. The van der Waals surface area contributed by atoms with E-state index in [4.69, 9.17) is 25.6 Å². The molecule has 1 fully saturated rings. The van der Waals surface area contributed by atoms with E-state index in [2.05, 4.69) is 37.1 Å². The van der Waals surface area contributed by atoms with Gasteiger partial charge in [-0.05, 0) is 29.8 Å². The third kappa shape index (κ3) is 3.51. The first-order valence-electron chi connectivity index (χ1n) is 10.5. The van der Waals surface area contributed by atoms with Gasteiger partial charge in [0.1, 0.15) is 23.2 Å². The van der Waals surface area contributed by atoms with E-state index in [9.17, 15) is 0 Å². The van der Waals surface area contributed by atoms with Crippen molar-refractivity contribution in [3.8, 4) is 22.8 Å². The maximum Gasteiger partial charge on any atom is 0.263 e. The summed E-state index contributed by atoms with van der Waals surface area (Å²) in [5, 5.41) is 5.78. The third-order valence-electron chi connectivity index (χ3n) is 5.89. The van der Waals surface area contributed by atoms with Crippen LogP contribution < -0.4 is 14.4 Å². The van der Waals surface area contributed by atoms with E-state index in [-0.39, 0.29) is 0 Å². The summed E-state index contributed by atoms with van der Waals surface area (Å²) in [7, 11) is 0. The summed E-state index contributed by atoms with van der Waals surface area (Å²) in [6, 6.07) is 13.7. The van der Waals surface area contributed by atoms with Crippen LogP contribution in [-0.4, -0.2) is 53.0 Å². The van der Waals surface area contributed by atoms with Crippen LogP contribution in [0.4, 0.5) is 5.82 Å². The Bertz CT molecular complexity index is 1270. The Morgan fingerprint density at radius 1 is 0.906 bits per heavy atom. The van der Waals surface area contributed by atoms with E-state index < -0.39 is 0 Å². The molecule has 1 saturated heterocycles. The van der Waals surface area contributed by atoms with Gasteiger partial charge in [0.05, 0.1) is 0 Å². The first kappa shape index (κ1) is 19.3. The fourth-order valence-electron chi connectivity index (χ4n) is 4.23. The molecule has 2 aromatic carbocycles. The van der Waals surface area contributed by atoms with Gasteiger partial charge in [0.25, 0.3) is 5.71 Å². The van der Waals surface area contributed by atoms with Crippen LogP contribution in [0.15, 0.2) is 53.3 Å². The quantitative estimate of drug-likeness (QED) is 0.463. The minimum Gasteiger partial charge on any atom is -0.454 e. The van der Waals surface area contributed by atoms with Gasteiger partial charge < -0.3 is 18.9 Å². The average Bonchev–Trinajstić information content (AvgIpc) is 3.47. The molecular weight excluding hydrogens is 430 g/mol. The lowest BCUT2D eigenvalue weighted by Gasteiger charge is -2.35. The highest BCUT2D eigenvalue weighted by Crippen LogP contribution is 2.35. The molecule has 0 aliphatic carbocycles. The van der Waals surface area contributed by atoms with Gasteiger partial charge in [-0.25, -0.2) is 4.98 Å². The molecule has 2 aromatic heterocycles. The van der Waals surface area contributed by atoms with Gasteiger partial charge in [-0.3, -0.25) is 4.90 Å². The van der Waals surface area contributed by atoms with E-state index in [1.54, 1.807) is 0 Å². The van der Waals surface area contributed by atoms with Crippen molar-refractivity contribution >= 4 is 28.5 Å². The topological polar surface area (TPSA) is 76.8 Å². The highest BCUT2D eigenvalue weighted by atomic mass is 35.5. The Labute approximate surface area is 189 Å². The zero-order valence-corrected chi connectivity index (χ0v) is 18.0. The number of fused-ring (bicyclic) bond motifs is 2. The van der Waals surface area contributed by atoms with Gasteiger partial charge in [-0.15, -0.1) is 0 Å². The van der Waals surface area contributed by atoms with Crippen molar-refractivity contribution in [1.82, 2.24) is 20.0 Å². The molecule has 0 radical (unpaired) electrons. The fraction of sp³-hybridized carbons (Fsp3) is 0.261. The summed E-state index contributed by atoms with van der Waals surface area (Å²) < 4.78 is 16.4. The van der Waals surface area contributed by atoms with Crippen molar-refractivity contribution in [2.45, 2.75) is 6.54 Å². The number of hydrogen-bond acceptors (Lipinski definition) is 8. The second kappa shape index (κ2) is 7.96. The maximum atomic E-state index is 6.05. The van der Waals surface area contributed by atoms with Gasteiger partial charge in [0.15, 0.2) is 11.5 Å².